The van der Waals surface area contributed by atoms with Crippen LogP contribution in [0.15, 0.2) is 78.6 Å². The highest BCUT2D eigenvalue weighted by molar-refractivity contribution is 6.23. The molecule has 2 N–H and O–H groups in total. The second-order valence-corrected chi connectivity index (χ2v) is 15.1. The first-order valence-corrected chi connectivity index (χ1v) is 18.5. The van der Waals surface area contributed by atoms with E-state index in [1.54, 1.807) is 26.0 Å². The van der Waals surface area contributed by atoms with Gasteiger partial charge in [0.2, 0.25) is 5.83 Å². The van der Waals surface area contributed by atoms with Crippen molar-refractivity contribution in [2.75, 3.05) is 0 Å². The smallest absolute Gasteiger partial charge is 0.354 e. The van der Waals surface area contributed by atoms with Crippen molar-refractivity contribution < 1.29 is 61.5 Å². The van der Waals surface area contributed by atoms with E-state index in [1.807, 2.05) is 0 Å². The number of halogens is 16. The zero-order valence-electron chi connectivity index (χ0n) is 31.2. The van der Waals surface area contributed by atoms with Crippen molar-refractivity contribution in [2.24, 2.45) is 0 Å². The molecule has 0 atom stereocenters. The lowest BCUT2D eigenvalue weighted by molar-refractivity contribution is -0.352. The van der Waals surface area contributed by atoms with Crippen LogP contribution in [0.4, 0.5) is 61.5 Å². The van der Waals surface area contributed by atoms with Crippen LogP contribution in [0.2, 0.25) is 0 Å². The number of alkyl halides is 14. The predicted octanol–water partition coefficient (Wildman–Crippen LogP) is 14.9. The van der Waals surface area contributed by atoms with Gasteiger partial charge in [0.15, 0.2) is 5.83 Å². The topological polar surface area (TPSA) is 57.4 Å². The van der Waals surface area contributed by atoms with E-state index >= 15 is 26.3 Å². The molecule has 0 saturated heterocycles. The van der Waals surface area contributed by atoms with Crippen molar-refractivity contribution in [2.45, 2.75) is 48.3 Å². The van der Waals surface area contributed by atoms with Crippen LogP contribution in [0.1, 0.15) is 45.0 Å². The van der Waals surface area contributed by atoms with Gasteiger partial charge in [0.1, 0.15) is 0 Å². The standard InChI is InChI=1S/C42H24Cl2F14N4/c1-19-5-3-7-21(17-19)31-23-9-11-27(59-23)33(35(45)36(46)38(49,50)41(43,55)56)28-12-10-24(60-28)32(22-8-4-6-20(2)18-22)26-14-16-30(62-26)34(29-15-13-25(31)61-29)37(47,48)39(51,52)40(53,54)42(44,57)58/h3-18,59,62H,1-2H3/b31-23?,31-25?,32-24?,32-26?,33-27?,33-28?,34-29?,34-30?,36-35+. The Hall–Kier alpha value is -5.62. The Morgan fingerprint density at radius 1 is 0.516 bits per heavy atom. The molecule has 0 saturated carbocycles. The Bertz CT molecular complexity index is 2860. The monoisotopic (exact) mass is 920 g/mol. The average Bonchev–Trinajstić information content (AvgIpc) is 4.01. The number of aromatic amines is 2. The van der Waals surface area contributed by atoms with E-state index in [0.717, 1.165) is 42.5 Å². The number of nitrogens with one attached hydrogen (secondary N) is 2. The number of nitrogens with zero attached hydrogens (tertiary/aromatic N) is 2. The lowest BCUT2D eigenvalue weighted by atomic mass is 9.95. The van der Waals surface area contributed by atoms with E-state index in [1.165, 1.54) is 36.4 Å². The zero-order valence-corrected chi connectivity index (χ0v) is 32.7. The summed E-state index contributed by atoms with van der Waals surface area (Å²) in [6.07, 6.45) is 3.72. The third-order valence-electron chi connectivity index (χ3n) is 9.87. The van der Waals surface area contributed by atoms with Gasteiger partial charge in [0.05, 0.1) is 44.9 Å². The molecule has 2 aliphatic rings. The molecular weight excluding hydrogens is 897 g/mol. The first-order valence-electron chi connectivity index (χ1n) is 17.7. The van der Waals surface area contributed by atoms with E-state index in [-0.39, 0.29) is 39.0 Å². The maximum atomic E-state index is 16.5. The van der Waals surface area contributed by atoms with Crippen LogP contribution in [0.5, 0.6) is 0 Å². The van der Waals surface area contributed by atoms with Crippen LogP contribution in [0, 0.1) is 13.8 Å². The molecule has 0 radical (unpaired) electrons. The van der Waals surface area contributed by atoms with Gasteiger partial charge in [-0.05, 0) is 96.7 Å². The molecule has 0 unspecified atom stereocenters. The predicted molar refractivity (Wildman–Crippen MR) is 209 cm³/mol. The van der Waals surface area contributed by atoms with Gasteiger partial charge in [0.25, 0.3) is 0 Å². The SMILES string of the molecule is Cc1cccc(-c2c3nc(c(C(F)(F)C(F)(F)C(F)(F)C(F)(F)Cl)c4ccc([nH]4)c(-c4cccc(C)c4)c4nc(c(/C(F)=C(\F)C(F)(F)C(F)(F)Cl)c5ccc2[nH]5)C=C4)C=C3)c1. The molecule has 3 aromatic heterocycles. The number of rotatable bonds is 9. The van der Waals surface area contributed by atoms with Gasteiger partial charge < -0.3 is 9.97 Å². The average molecular weight is 922 g/mol. The minimum Gasteiger partial charge on any atom is -0.354 e. The van der Waals surface area contributed by atoms with Gasteiger partial charge in [-0.2, -0.15) is 52.7 Å². The van der Waals surface area contributed by atoms with Crippen molar-refractivity contribution in [3.8, 4) is 22.3 Å². The molecule has 2 aromatic carbocycles. The van der Waals surface area contributed by atoms with Crippen LogP contribution in [-0.2, 0) is 5.92 Å². The normalized spacial score (nSPS) is 14.4. The van der Waals surface area contributed by atoms with Crippen molar-refractivity contribution in [1.29, 1.82) is 0 Å². The fourth-order valence-corrected chi connectivity index (χ4v) is 7.08. The lowest BCUT2D eigenvalue weighted by Gasteiger charge is -2.34. The van der Waals surface area contributed by atoms with E-state index in [0.29, 0.717) is 17.2 Å². The first-order chi connectivity index (χ1) is 28.7. The first kappa shape index (κ1) is 44.4. The summed E-state index contributed by atoms with van der Waals surface area (Å²) >= 11 is 8.82. The highest BCUT2D eigenvalue weighted by atomic mass is 35.5. The van der Waals surface area contributed by atoms with Crippen LogP contribution < -0.4 is 0 Å². The van der Waals surface area contributed by atoms with Crippen molar-refractivity contribution in [3.63, 3.8) is 0 Å². The van der Waals surface area contributed by atoms with Gasteiger partial charge in [-0.25, -0.2) is 18.7 Å². The second kappa shape index (κ2) is 15.0. The molecule has 0 fully saturated rings. The summed E-state index contributed by atoms with van der Waals surface area (Å²) in [4.78, 5) is 13.4. The van der Waals surface area contributed by atoms with Crippen molar-refractivity contribution in [3.05, 3.63) is 124 Å². The summed E-state index contributed by atoms with van der Waals surface area (Å²) < 4.78 is 210. The summed E-state index contributed by atoms with van der Waals surface area (Å²) in [5, 5.41) is -11.8. The van der Waals surface area contributed by atoms with Crippen LogP contribution in [-0.4, -0.2) is 48.5 Å². The number of H-pyrrole nitrogens is 2. The summed E-state index contributed by atoms with van der Waals surface area (Å²) in [7, 11) is 0. The fraction of sp³-hybridized carbons (Fsp3) is 0.190. The highest BCUT2D eigenvalue weighted by Crippen LogP contribution is 2.58. The Morgan fingerprint density at radius 2 is 0.952 bits per heavy atom. The van der Waals surface area contributed by atoms with Crippen LogP contribution in [0.3, 0.4) is 0 Å². The number of aryl methyl sites for hydroxylation is 2. The lowest BCUT2D eigenvalue weighted by Crippen LogP contribution is -2.59. The summed E-state index contributed by atoms with van der Waals surface area (Å²) in [5.74, 6) is -31.7. The van der Waals surface area contributed by atoms with Crippen molar-refractivity contribution in [1.82, 2.24) is 19.9 Å². The Kier molecular flexibility index (Phi) is 10.8. The molecular formula is C42H24Cl2F14N4. The highest BCUT2D eigenvalue weighted by Gasteiger charge is 2.81. The van der Waals surface area contributed by atoms with Crippen molar-refractivity contribution >= 4 is 75.4 Å². The molecule has 0 spiro atoms. The molecule has 20 heteroatoms. The molecule has 0 aliphatic carbocycles. The number of benzene rings is 2. The molecule has 7 rings (SSSR count). The van der Waals surface area contributed by atoms with Crippen LogP contribution in [0.25, 0.3) is 74.5 Å². The van der Waals surface area contributed by atoms with Gasteiger partial charge >= 0.3 is 34.5 Å². The largest absolute Gasteiger partial charge is 0.393 e. The minimum atomic E-state index is -6.90. The van der Waals surface area contributed by atoms with Crippen LogP contribution >= 0.6 is 23.2 Å². The number of fused-ring (bicyclic) bond motifs is 8. The summed E-state index contributed by atoms with van der Waals surface area (Å²) in [5.41, 5.74) is -6.67. The summed E-state index contributed by atoms with van der Waals surface area (Å²) in [6, 6.07) is 15.8. The van der Waals surface area contributed by atoms with Gasteiger partial charge in [-0.15, -0.1) is 0 Å². The Morgan fingerprint density at radius 3 is 1.44 bits per heavy atom. The number of aromatic nitrogens is 4. The number of hydrogen-bond donors (Lipinski definition) is 2. The van der Waals surface area contributed by atoms with Gasteiger partial charge in [0, 0.05) is 22.2 Å². The van der Waals surface area contributed by atoms with Gasteiger partial charge in [-0.3, -0.25) is 0 Å². The molecule has 8 bridgehead atoms. The van der Waals surface area contributed by atoms with E-state index < -0.39 is 85.3 Å². The zero-order chi connectivity index (χ0) is 45.5. The molecule has 0 amide bonds. The molecule has 5 aromatic rings. The maximum absolute atomic E-state index is 16.5. The molecule has 2 aliphatic heterocycles. The third kappa shape index (κ3) is 7.23. The van der Waals surface area contributed by atoms with E-state index in [2.05, 4.69) is 43.1 Å². The number of allylic oxidation sites excluding steroid dienone is 1. The maximum Gasteiger partial charge on any atom is 0.393 e. The summed E-state index contributed by atoms with van der Waals surface area (Å²) in [6.45, 7) is 3.21. The molecule has 324 valence electrons. The Labute approximate surface area is 350 Å². The van der Waals surface area contributed by atoms with Gasteiger partial charge in [-0.1, -0.05) is 59.7 Å². The molecule has 5 heterocycles. The Balaban J connectivity index is 1.73. The minimum absolute atomic E-state index is 0.148. The molecule has 62 heavy (non-hydrogen) atoms. The fourth-order valence-electron chi connectivity index (χ4n) is 6.88. The number of hydrogen-bond acceptors (Lipinski definition) is 2. The quantitative estimate of drug-likeness (QED) is 0.112. The van der Waals surface area contributed by atoms with E-state index in [4.69, 9.17) is 0 Å². The second-order valence-electron chi connectivity index (χ2n) is 14.2. The molecule has 4 nitrogen and oxygen atoms in total. The van der Waals surface area contributed by atoms with E-state index in [9.17, 15) is 35.1 Å². The third-order valence-corrected chi connectivity index (χ3v) is 10.3.